The number of hydrogen-bond acceptors (Lipinski definition) is 3. The van der Waals surface area contributed by atoms with Crippen molar-refractivity contribution in [2.24, 2.45) is 0 Å². The van der Waals surface area contributed by atoms with Crippen LogP contribution in [-0.2, 0) is 16.0 Å². The van der Waals surface area contributed by atoms with Crippen LogP contribution in [0.4, 0.5) is 0 Å². The van der Waals surface area contributed by atoms with Crippen molar-refractivity contribution in [1.82, 2.24) is 0 Å². The Morgan fingerprint density at radius 1 is 1.38 bits per heavy atom. The molecule has 1 aromatic heterocycles. The monoisotopic (exact) mass is 218 g/mol. The van der Waals surface area contributed by atoms with Crippen LogP contribution in [0, 0.1) is 13.8 Å². The lowest BCUT2D eigenvalue weighted by Gasteiger charge is -1.98. The van der Waals surface area contributed by atoms with Gasteiger partial charge < -0.3 is 9.15 Å². The summed E-state index contributed by atoms with van der Waals surface area (Å²) < 4.78 is 10.3. The van der Waals surface area contributed by atoms with Gasteiger partial charge in [0.1, 0.15) is 11.3 Å². The van der Waals surface area contributed by atoms with E-state index >= 15 is 0 Å². The van der Waals surface area contributed by atoms with Crippen molar-refractivity contribution >= 4 is 16.9 Å². The van der Waals surface area contributed by atoms with Crippen LogP contribution in [0.2, 0.25) is 0 Å². The van der Waals surface area contributed by atoms with Crippen LogP contribution in [0.25, 0.3) is 11.0 Å². The summed E-state index contributed by atoms with van der Waals surface area (Å²) in [5.41, 5.74) is 2.89. The highest BCUT2D eigenvalue weighted by molar-refractivity contribution is 5.87. The molecule has 0 bridgehead atoms. The van der Waals surface area contributed by atoms with Crippen molar-refractivity contribution in [3.63, 3.8) is 0 Å². The third-order valence-corrected chi connectivity index (χ3v) is 2.70. The third kappa shape index (κ3) is 1.81. The lowest BCUT2D eigenvalue weighted by Crippen LogP contribution is -2.04. The number of aryl methyl sites for hydroxylation is 2. The molecule has 0 aliphatic rings. The first-order chi connectivity index (χ1) is 7.61. The fourth-order valence-corrected chi connectivity index (χ4v) is 1.82. The highest BCUT2D eigenvalue weighted by atomic mass is 16.5. The maximum absolute atomic E-state index is 11.3. The standard InChI is InChI=1S/C13H14O3/c1-8-4-5-10-11(7-13(14)15-3)9(2)16-12(10)6-8/h4-6H,7H2,1-3H3. The van der Waals surface area contributed by atoms with Gasteiger partial charge in [0.25, 0.3) is 0 Å². The molecule has 84 valence electrons. The van der Waals surface area contributed by atoms with Gasteiger partial charge in [0, 0.05) is 10.9 Å². The van der Waals surface area contributed by atoms with Gasteiger partial charge in [0.05, 0.1) is 13.5 Å². The summed E-state index contributed by atoms with van der Waals surface area (Å²) in [7, 11) is 1.39. The molecule has 1 heterocycles. The van der Waals surface area contributed by atoms with E-state index in [1.807, 2.05) is 32.0 Å². The summed E-state index contributed by atoms with van der Waals surface area (Å²) in [6.07, 6.45) is 0.262. The Morgan fingerprint density at radius 3 is 2.81 bits per heavy atom. The second-order valence-corrected chi connectivity index (χ2v) is 3.89. The maximum Gasteiger partial charge on any atom is 0.310 e. The predicted molar refractivity (Wildman–Crippen MR) is 61.4 cm³/mol. The Labute approximate surface area is 94.0 Å². The summed E-state index contributed by atoms with van der Waals surface area (Å²) in [6.45, 7) is 3.88. The summed E-state index contributed by atoms with van der Waals surface area (Å²) in [5, 5.41) is 0.994. The second kappa shape index (κ2) is 4.00. The highest BCUT2D eigenvalue weighted by Gasteiger charge is 2.14. The molecule has 0 radical (unpaired) electrons. The first-order valence-electron chi connectivity index (χ1n) is 5.17. The van der Waals surface area contributed by atoms with E-state index in [1.165, 1.54) is 7.11 Å². The Hall–Kier alpha value is -1.77. The van der Waals surface area contributed by atoms with Crippen LogP contribution in [0.1, 0.15) is 16.9 Å². The first-order valence-corrected chi connectivity index (χ1v) is 5.17. The van der Waals surface area contributed by atoms with Gasteiger partial charge in [0.2, 0.25) is 0 Å². The largest absolute Gasteiger partial charge is 0.469 e. The number of carbonyl (C=O) groups excluding carboxylic acids is 1. The molecular formula is C13H14O3. The van der Waals surface area contributed by atoms with Crippen molar-refractivity contribution in [1.29, 1.82) is 0 Å². The van der Waals surface area contributed by atoms with E-state index in [0.717, 1.165) is 27.9 Å². The average Bonchev–Trinajstić information content (AvgIpc) is 2.54. The molecule has 0 spiro atoms. The van der Waals surface area contributed by atoms with E-state index in [0.29, 0.717) is 0 Å². The number of benzene rings is 1. The fraction of sp³-hybridized carbons (Fsp3) is 0.308. The molecule has 0 saturated carbocycles. The number of hydrogen-bond donors (Lipinski definition) is 0. The van der Waals surface area contributed by atoms with Crippen LogP contribution in [-0.4, -0.2) is 13.1 Å². The van der Waals surface area contributed by atoms with E-state index in [1.54, 1.807) is 0 Å². The quantitative estimate of drug-likeness (QED) is 0.727. The zero-order chi connectivity index (χ0) is 11.7. The minimum atomic E-state index is -0.244. The van der Waals surface area contributed by atoms with Crippen molar-refractivity contribution in [2.75, 3.05) is 7.11 Å². The molecule has 0 amide bonds. The minimum Gasteiger partial charge on any atom is -0.469 e. The number of ether oxygens (including phenoxy) is 1. The fourth-order valence-electron chi connectivity index (χ4n) is 1.82. The molecule has 0 saturated heterocycles. The molecule has 0 aliphatic heterocycles. The molecule has 0 atom stereocenters. The normalized spacial score (nSPS) is 10.7. The summed E-state index contributed by atoms with van der Waals surface area (Å²) in [5.74, 6) is 0.539. The molecule has 0 fully saturated rings. The van der Waals surface area contributed by atoms with Gasteiger partial charge in [0.15, 0.2) is 0 Å². The van der Waals surface area contributed by atoms with E-state index in [-0.39, 0.29) is 12.4 Å². The number of carbonyl (C=O) groups is 1. The van der Waals surface area contributed by atoms with Crippen molar-refractivity contribution in [3.05, 3.63) is 35.1 Å². The van der Waals surface area contributed by atoms with Gasteiger partial charge in [-0.3, -0.25) is 4.79 Å². The van der Waals surface area contributed by atoms with Gasteiger partial charge in [-0.1, -0.05) is 12.1 Å². The van der Waals surface area contributed by atoms with Gasteiger partial charge >= 0.3 is 5.97 Å². The van der Waals surface area contributed by atoms with E-state index < -0.39 is 0 Å². The first kappa shape index (κ1) is 10.7. The van der Waals surface area contributed by atoms with Crippen molar-refractivity contribution in [2.45, 2.75) is 20.3 Å². The van der Waals surface area contributed by atoms with Gasteiger partial charge in [-0.25, -0.2) is 0 Å². The number of furan rings is 1. The van der Waals surface area contributed by atoms with Crippen LogP contribution in [0.15, 0.2) is 22.6 Å². The Kier molecular flexibility index (Phi) is 2.69. The van der Waals surface area contributed by atoms with E-state index in [4.69, 9.17) is 4.42 Å². The highest BCUT2D eigenvalue weighted by Crippen LogP contribution is 2.26. The molecule has 0 N–H and O–H groups in total. The van der Waals surface area contributed by atoms with Gasteiger partial charge in [-0.05, 0) is 25.5 Å². The average molecular weight is 218 g/mol. The molecule has 3 nitrogen and oxygen atoms in total. The van der Waals surface area contributed by atoms with Gasteiger partial charge in [-0.2, -0.15) is 0 Å². The number of methoxy groups -OCH3 is 1. The van der Waals surface area contributed by atoms with Crippen LogP contribution in [0.3, 0.4) is 0 Å². The number of esters is 1. The predicted octanol–water partition coefficient (Wildman–Crippen LogP) is 2.77. The van der Waals surface area contributed by atoms with Crippen molar-refractivity contribution < 1.29 is 13.9 Å². The maximum atomic E-state index is 11.3. The second-order valence-electron chi connectivity index (χ2n) is 3.89. The Balaban J connectivity index is 2.52. The van der Waals surface area contributed by atoms with Crippen LogP contribution < -0.4 is 0 Å². The van der Waals surface area contributed by atoms with Crippen LogP contribution in [0.5, 0.6) is 0 Å². The molecule has 0 unspecified atom stereocenters. The lowest BCUT2D eigenvalue weighted by molar-refractivity contribution is -0.139. The molecule has 1 aromatic carbocycles. The molecule has 2 aromatic rings. The van der Waals surface area contributed by atoms with Crippen LogP contribution >= 0.6 is 0 Å². The zero-order valence-corrected chi connectivity index (χ0v) is 9.66. The topological polar surface area (TPSA) is 39.4 Å². The van der Waals surface area contributed by atoms with Gasteiger partial charge in [-0.15, -0.1) is 0 Å². The smallest absolute Gasteiger partial charge is 0.310 e. The molecule has 0 aliphatic carbocycles. The lowest BCUT2D eigenvalue weighted by atomic mass is 10.1. The molecular weight excluding hydrogens is 204 g/mol. The Morgan fingerprint density at radius 2 is 2.12 bits per heavy atom. The molecule has 3 heteroatoms. The summed E-state index contributed by atoms with van der Waals surface area (Å²) >= 11 is 0. The summed E-state index contributed by atoms with van der Waals surface area (Å²) in [6, 6.07) is 5.97. The summed E-state index contributed by atoms with van der Waals surface area (Å²) in [4.78, 5) is 11.3. The minimum absolute atomic E-state index is 0.244. The SMILES string of the molecule is COC(=O)Cc1c(C)oc2cc(C)ccc12. The van der Waals surface area contributed by atoms with E-state index in [2.05, 4.69) is 4.74 Å². The third-order valence-electron chi connectivity index (χ3n) is 2.70. The zero-order valence-electron chi connectivity index (χ0n) is 9.66. The number of fused-ring (bicyclic) bond motifs is 1. The molecule has 16 heavy (non-hydrogen) atoms. The Bertz CT molecular complexity index is 537. The number of rotatable bonds is 2. The molecule has 2 rings (SSSR count). The van der Waals surface area contributed by atoms with Crippen molar-refractivity contribution in [3.8, 4) is 0 Å². The van der Waals surface area contributed by atoms with E-state index in [9.17, 15) is 4.79 Å².